The molecule has 3 rings (SSSR count). The van der Waals surface area contributed by atoms with E-state index in [9.17, 15) is 0 Å². The molecule has 0 radical (unpaired) electrons. The van der Waals surface area contributed by atoms with Gasteiger partial charge in [0.05, 0.1) is 5.69 Å². The molecule has 1 unspecified atom stereocenters. The Morgan fingerprint density at radius 2 is 2.16 bits per heavy atom. The highest BCUT2D eigenvalue weighted by molar-refractivity contribution is 5.67. The molecular weight excluding hydrogens is 240 g/mol. The zero-order valence-electron chi connectivity index (χ0n) is 11.7. The zero-order valence-corrected chi connectivity index (χ0v) is 11.7. The van der Waals surface area contributed by atoms with E-state index >= 15 is 0 Å². The fourth-order valence-corrected chi connectivity index (χ4v) is 2.78. The van der Waals surface area contributed by atoms with Gasteiger partial charge in [0, 0.05) is 25.7 Å². The van der Waals surface area contributed by atoms with Crippen molar-refractivity contribution < 1.29 is 9.47 Å². The molecular formula is C15H22N2O2. The Morgan fingerprint density at radius 1 is 1.32 bits per heavy atom. The summed E-state index contributed by atoms with van der Waals surface area (Å²) < 4.78 is 11.6. The van der Waals surface area contributed by atoms with E-state index in [0.29, 0.717) is 19.3 Å². The minimum absolute atomic E-state index is 0.513. The molecule has 1 aromatic rings. The summed E-state index contributed by atoms with van der Waals surface area (Å²) in [6.07, 6.45) is 1.02. The molecule has 2 aliphatic rings. The van der Waals surface area contributed by atoms with Crippen molar-refractivity contribution in [2.45, 2.75) is 26.3 Å². The molecule has 2 aliphatic heterocycles. The minimum Gasteiger partial charge on any atom is -0.486 e. The lowest BCUT2D eigenvalue weighted by Gasteiger charge is -2.36. The number of nitrogens with zero attached hydrogens (tertiary/aromatic N) is 1. The van der Waals surface area contributed by atoms with Gasteiger partial charge in [0.25, 0.3) is 0 Å². The summed E-state index contributed by atoms with van der Waals surface area (Å²) in [6.45, 7) is 8.75. The van der Waals surface area contributed by atoms with E-state index in [1.807, 2.05) is 0 Å². The summed E-state index contributed by atoms with van der Waals surface area (Å²) in [5, 5.41) is 3.48. The van der Waals surface area contributed by atoms with Crippen LogP contribution in [0.4, 0.5) is 5.69 Å². The maximum absolute atomic E-state index is 5.86. The van der Waals surface area contributed by atoms with Gasteiger partial charge in [-0.15, -0.1) is 0 Å². The molecule has 0 aliphatic carbocycles. The average Bonchev–Trinajstić information content (AvgIpc) is 2.46. The van der Waals surface area contributed by atoms with E-state index in [-0.39, 0.29) is 0 Å². The van der Waals surface area contributed by atoms with Gasteiger partial charge in [0.15, 0.2) is 11.5 Å². The Balaban J connectivity index is 1.98. The van der Waals surface area contributed by atoms with Gasteiger partial charge in [0.1, 0.15) is 13.2 Å². The first-order chi connectivity index (χ1) is 9.28. The van der Waals surface area contributed by atoms with E-state index in [0.717, 1.165) is 37.6 Å². The smallest absolute Gasteiger partial charge is 0.184 e. The van der Waals surface area contributed by atoms with Crippen molar-refractivity contribution in [3.8, 4) is 11.5 Å². The largest absolute Gasteiger partial charge is 0.486 e. The first kappa shape index (κ1) is 12.6. The number of hydrogen-bond acceptors (Lipinski definition) is 4. The standard InChI is InChI=1S/C15H22N2O2/c1-3-12-8-13(17-5-4-16-11(2)10-17)15-14(9-12)18-6-7-19-15/h8-9,11,16H,3-7,10H2,1-2H3. The fraction of sp³-hybridized carbons (Fsp3) is 0.600. The number of piperazine rings is 1. The summed E-state index contributed by atoms with van der Waals surface area (Å²) in [6, 6.07) is 4.88. The van der Waals surface area contributed by atoms with Gasteiger partial charge in [0.2, 0.25) is 0 Å². The van der Waals surface area contributed by atoms with Crippen LogP contribution in [-0.2, 0) is 6.42 Å². The highest BCUT2D eigenvalue weighted by Crippen LogP contribution is 2.41. The highest BCUT2D eigenvalue weighted by atomic mass is 16.6. The van der Waals surface area contributed by atoms with Crippen LogP contribution in [0.25, 0.3) is 0 Å². The molecule has 19 heavy (non-hydrogen) atoms. The lowest BCUT2D eigenvalue weighted by Crippen LogP contribution is -2.49. The number of aryl methyl sites for hydroxylation is 1. The molecule has 0 bridgehead atoms. The molecule has 0 aromatic heterocycles. The van der Waals surface area contributed by atoms with Gasteiger partial charge >= 0.3 is 0 Å². The highest BCUT2D eigenvalue weighted by Gasteiger charge is 2.24. The molecule has 1 aromatic carbocycles. The first-order valence-electron chi connectivity index (χ1n) is 7.18. The zero-order chi connectivity index (χ0) is 13.2. The van der Waals surface area contributed by atoms with Crippen LogP contribution < -0.4 is 19.7 Å². The Labute approximate surface area is 114 Å². The van der Waals surface area contributed by atoms with Crippen LogP contribution in [0.2, 0.25) is 0 Å². The molecule has 0 saturated carbocycles. The van der Waals surface area contributed by atoms with Crippen molar-refractivity contribution in [3.05, 3.63) is 17.7 Å². The number of rotatable bonds is 2. The van der Waals surface area contributed by atoms with Crippen LogP contribution in [0.5, 0.6) is 11.5 Å². The second-order valence-corrected chi connectivity index (χ2v) is 5.29. The third-order valence-electron chi connectivity index (χ3n) is 3.80. The Morgan fingerprint density at radius 3 is 2.95 bits per heavy atom. The van der Waals surface area contributed by atoms with E-state index in [4.69, 9.17) is 9.47 Å². The van der Waals surface area contributed by atoms with E-state index in [1.54, 1.807) is 0 Å². The monoisotopic (exact) mass is 262 g/mol. The summed E-state index contributed by atoms with van der Waals surface area (Å²) in [5.74, 6) is 1.84. The molecule has 0 amide bonds. The van der Waals surface area contributed by atoms with Crippen LogP contribution in [0.15, 0.2) is 12.1 Å². The van der Waals surface area contributed by atoms with Crippen molar-refractivity contribution >= 4 is 5.69 Å². The molecule has 1 fully saturated rings. The predicted molar refractivity (Wildman–Crippen MR) is 76.5 cm³/mol. The number of anilines is 1. The Kier molecular flexibility index (Phi) is 3.51. The van der Waals surface area contributed by atoms with Crippen LogP contribution >= 0.6 is 0 Å². The molecule has 1 N–H and O–H groups in total. The third-order valence-corrected chi connectivity index (χ3v) is 3.80. The number of nitrogens with one attached hydrogen (secondary N) is 1. The van der Waals surface area contributed by atoms with Gasteiger partial charge in [-0.3, -0.25) is 0 Å². The van der Waals surface area contributed by atoms with Crippen molar-refractivity contribution in [2.75, 3.05) is 37.7 Å². The number of benzene rings is 1. The fourth-order valence-electron chi connectivity index (χ4n) is 2.78. The van der Waals surface area contributed by atoms with Crippen molar-refractivity contribution in [3.63, 3.8) is 0 Å². The normalized spacial score (nSPS) is 22.4. The van der Waals surface area contributed by atoms with E-state index in [2.05, 4.69) is 36.2 Å². The maximum Gasteiger partial charge on any atom is 0.184 e. The van der Waals surface area contributed by atoms with Crippen LogP contribution in [0.1, 0.15) is 19.4 Å². The number of ether oxygens (including phenoxy) is 2. The summed E-state index contributed by atoms with van der Waals surface area (Å²) >= 11 is 0. The molecule has 1 saturated heterocycles. The van der Waals surface area contributed by atoms with Gasteiger partial charge < -0.3 is 19.7 Å². The number of fused-ring (bicyclic) bond motifs is 1. The first-order valence-corrected chi connectivity index (χ1v) is 7.18. The van der Waals surface area contributed by atoms with Crippen molar-refractivity contribution in [2.24, 2.45) is 0 Å². The van der Waals surface area contributed by atoms with Gasteiger partial charge in [-0.1, -0.05) is 6.92 Å². The molecule has 1 atom stereocenters. The predicted octanol–water partition coefficient (Wildman–Crippen LogP) is 1.82. The SMILES string of the molecule is CCc1cc2c(c(N3CCNC(C)C3)c1)OCCO2. The molecule has 104 valence electrons. The van der Waals surface area contributed by atoms with Gasteiger partial charge in [-0.2, -0.15) is 0 Å². The third kappa shape index (κ3) is 2.50. The second kappa shape index (κ2) is 5.29. The van der Waals surface area contributed by atoms with Gasteiger partial charge in [-0.05, 0) is 31.0 Å². The lowest BCUT2D eigenvalue weighted by atomic mass is 10.1. The summed E-state index contributed by atoms with van der Waals surface area (Å²) in [4.78, 5) is 2.41. The summed E-state index contributed by atoms with van der Waals surface area (Å²) in [5.41, 5.74) is 2.51. The van der Waals surface area contributed by atoms with Crippen molar-refractivity contribution in [1.82, 2.24) is 5.32 Å². The lowest BCUT2D eigenvalue weighted by molar-refractivity contribution is 0.171. The van der Waals surface area contributed by atoms with Crippen molar-refractivity contribution in [1.29, 1.82) is 0 Å². The number of hydrogen-bond donors (Lipinski definition) is 1. The van der Waals surface area contributed by atoms with Crippen LogP contribution in [-0.4, -0.2) is 38.9 Å². The average molecular weight is 262 g/mol. The topological polar surface area (TPSA) is 33.7 Å². The van der Waals surface area contributed by atoms with Crippen LogP contribution in [0, 0.1) is 0 Å². The maximum atomic E-state index is 5.86. The molecule has 4 nitrogen and oxygen atoms in total. The Hall–Kier alpha value is -1.42. The quantitative estimate of drug-likeness (QED) is 0.881. The minimum atomic E-state index is 0.513. The molecule has 2 heterocycles. The van der Waals surface area contributed by atoms with Crippen LogP contribution in [0.3, 0.4) is 0 Å². The van der Waals surface area contributed by atoms with Gasteiger partial charge in [-0.25, -0.2) is 0 Å². The Bertz CT molecular complexity index is 462. The summed E-state index contributed by atoms with van der Waals surface area (Å²) in [7, 11) is 0. The van der Waals surface area contributed by atoms with E-state index in [1.165, 1.54) is 11.3 Å². The second-order valence-electron chi connectivity index (χ2n) is 5.29. The molecule has 4 heteroatoms. The molecule has 0 spiro atoms. The van der Waals surface area contributed by atoms with E-state index < -0.39 is 0 Å².